The Morgan fingerprint density at radius 1 is 1.17 bits per heavy atom. The molecule has 2 rings (SSSR count). The van der Waals surface area contributed by atoms with Crippen LogP contribution in [0.1, 0.15) is 46.0 Å². The van der Waals surface area contributed by atoms with Crippen molar-refractivity contribution in [3.63, 3.8) is 0 Å². The first kappa shape index (κ1) is 14.2. The fourth-order valence-electron chi connectivity index (χ4n) is 3.41. The lowest BCUT2D eigenvalue weighted by Gasteiger charge is -2.52. The number of carboxylic acid groups (broad SMARTS) is 1. The molecule has 0 amide bonds. The summed E-state index contributed by atoms with van der Waals surface area (Å²) in [6, 6.07) is 0. The zero-order valence-electron chi connectivity index (χ0n) is 11.6. The number of likely N-dealkylation sites (tertiary alicyclic amines) is 1. The molecule has 2 fully saturated rings. The predicted octanol–water partition coefficient (Wildman–Crippen LogP) is 2.85. The number of rotatable bonds is 2. The monoisotopic (exact) mass is 271 g/mol. The van der Waals surface area contributed by atoms with Gasteiger partial charge in [0.25, 0.3) is 0 Å². The lowest BCUT2D eigenvalue weighted by atomic mass is 9.69. The van der Waals surface area contributed by atoms with Crippen molar-refractivity contribution in [1.82, 2.24) is 4.90 Å². The lowest BCUT2D eigenvalue weighted by molar-refractivity contribution is -0.159. The molecule has 0 saturated carbocycles. The van der Waals surface area contributed by atoms with Crippen LogP contribution in [0.5, 0.6) is 0 Å². The maximum atomic E-state index is 12.0. The highest BCUT2D eigenvalue weighted by molar-refractivity contribution is 7.99. The van der Waals surface area contributed by atoms with E-state index < -0.39 is 11.5 Å². The molecule has 0 aromatic heterocycles. The second-order valence-electron chi connectivity index (χ2n) is 6.25. The molecule has 2 aliphatic rings. The van der Waals surface area contributed by atoms with Crippen molar-refractivity contribution in [2.45, 2.75) is 51.5 Å². The minimum atomic E-state index is -0.653. The van der Waals surface area contributed by atoms with Crippen molar-refractivity contribution in [3.8, 4) is 0 Å². The van der Waals surface area contributed by atoms with Crippen molar-refractivity contribution >= 4 is 17.7 Å². The molecule has 1 atom stereocenters. The van der Waals surface area contributed by atoms with Crippen LogP contribution in [0.3, 0.4) is 0 Å². The highest BCUT2D eigenvalue weighted by Gasteiger charge is 2.56. The molecule has 0 aromatic carbocycles. The van der Waals surface area contributed by atoms with Gasteiger partial charge in [0.05, 0.1) is 0 Å². The third-order valence-corrected chi connectivity index (χ3v) is 5.92. The van der Waals surface area contributed by atoms with Gasteiger partial charge in [-0.05, 0) is 43.5 Å². The number of carbonyl (C=O) groups is 1. The summed E-state index contributed by atoms with van der Waals surface area (Å²) < 4.78 is 0. The van der Waals surface area contributed by atoms with Crippen LogP contribution in [-0.4, -0.2) is 46.1 Å². The SMILES string of the molecule is CC1(C)CCSCC1(C(=O)O)N1CCCCCC1. The van der Waals surface area contributed by atoms with Crippen molar-refractivity contribution < 1.29 is 9.90 Å². The van der Waals surface area contributed by atoms with Gasteiger partial charge < -0.3 is 5.11 Å². The molecule has 0 aromatic rings. The summed E-state index contributed by atoms with van der Waals surface area (Å²) in [6.45, 7) is 6.20. The topological polar surface area (TPSA) is 40.5 Å². The first-order valence-corrected chi connectivity index (χ1v) is 8.22. The maximum Gasteiger partial charge on any atom is 0.325 e. The fourth-order valence-corrected chi connectivity index (χ4v) is 5.20. The minimum Gasteiger partial charge on any atom is -0.480 e. The summed E-state index contributed by atoms with van der Waals surface area (Å²) in [5.74, 6) is 1.23. The summed E-state index contributed by atoms with van der Waals surface area (Å²) in [7, 11) is 0. The summed E-state index contributed by atoms with van der Waals surface area (Å²) in [5.41, 5.74) is -0.783. The van der Waals surface area contributed by atoms with Crippen LogP contribution in [0.4, 0.5) is 0 Å². The van der Waals surface area contributed by atoms with Crippen LogP contribution < -0.4 is 0 Å². The molecular formula is C14H25NO2S. The summed E-state index contributed by atoms with van der Waals surface area (Å²) >= 11 is 1.81. The van der Waals surface area contributed by atoms with Crippen LogP contribution >= 0.6 is 11.8 Å². The van der Waals surface area contributed by atoms with Crippen LogP contribution in [0.25, 0.3) is 0 Å². The molecule has 0 bridgehead atoms. The van der Waals surface area contributed by atoms with E-state index in [1.807, 2.05) is 11.8 Å². The normalized spacial score (nSPS) is 33.9. The van der Waals surface area contributed by atoms with Crippen molar-refractivity contribution in [3.05, 3.63) is 0 Å². The lowest BCUT2D eigenvalue weighted by Crippen LogP contribution is -2.66. The average Bonchev–Trinajstić information content (AvgIpc) is 2.57. The Hall–Kier alpha value is -0.220. The predicted molar refractivity (Wildman–Crippen MR) is 76.1 cm³/mol. The van der Waals surface area contributed by atoms with Gasteiger partial charge in [-0.2, -0.15) is 11.8 Å². The summed E-state index contributed by atoms with van der Waals surface area (Å²) in [5, 5.41) is 9.91. The van der Waals surface area contributed by atoms with E-state index in [-0.39, 0.29) is 5.41 Å². The van der Waals surface area contributed by atoms with Crippen LogP contribution in [0.15, 0.2) is 0 Å². The number of carboxylic acids is 1. The smallest absolute Gasteiger partial charge is 0.325 e. The van der Waals surface area contributed by atoms with E-state index in [0.29, 0.717) is 0 Å². The Labute approximate surface area is 114 Å². The van der Waals surface area contributed by atoms with E-state index in [2.05, 4.69) is 18.7 Å². The molecule has 0 radical (unpaired) electrons. The first-order chi connectivity index (χ1) is 8.51. The average molecular weight is 271 g/mol. The largest absolute Gasteiger partial charge is 0.480 e. The van der Waals surface area contributed by atoms with Gasteiger partial charge in [0.2, 0.25) is 0 Å². The molecular weight excluding hydrogens is 246 g/mol. The number of hydrogen-bond donors (Lipinski definition) is 1. The maximum absolute atomic E-state index is 12.0. The third kappa shape index (κ3) is 2.29. The highest BCUT2D eigenvalue weighted by Crippen LogP contribution is 2.46. The summed E-state index contributed by atoms with van der Waals surface area (Å²) in [4.78, 5) is 14.3. The van der Waals surface area contributed by atoms with Gasteiger partial charge in [-0.1, -0.05) is 26.7 Å². The van der Waals surface area contributed by atoms with E-state index >= 15 is 0 Å². The van der Waals surface area contributed by atoms with Crippen LogP contribution in [0, 0.1) is 5.41 Å². The highest BCUT2D eigenvalue weighted by atomic mass is 32.2. The van der Waals surface area contributed by atoms with Crippen molar-refractivity contribution in [2.24, 2.45) is 5.41 Å². The van der Waals surface area contributed by atoms with E-state index in [1.165, 1.54) is 12.8 Å². The van der Waals surface area contributed by atoms with Gasteiger partial charge in [0, 0.05) is 5.75 Å². The van der Waals surface area contributed by atoms with E-state index in [4.69, 9.17) is 0 Å². The zero-order chi connectivity index (χ0) is 13.2. The standard InChI is InChI=1S/C14H25NO2S/c1-13(2)7-10-18-11-14(13,12(16)17)15-8-5-3-4-6-9-15/h3-11H2,1-2H3,(H,16,17). The Morgan fingerprint density at radius 2 is 1.78 bits per heavy atom. The second kappa shape index (κ2) is 5.41. The molecule has 2 aliphatic heterocycles. The number of nitrogens with zero attached hydrogens (tertiary/aromatic N) is 1. The third-order valence-electron chi connectivity index (χ3n) is 4.80. The molecule has 104 valence electrons. The molecule has 1 unspecified atom stereocenters. The van der Waals surface area contributed by atoms with E-state index in [9.17, 15) is 9.90 Å². The van der Waals surface area contributed by atoms with Gasteiger partial charge in [0.15, 0.2) is 0 Å². The first-order valence-electron chi connectivity index (χ1n) is 7.07. The molecule has 3 nitrogen and oxygen atoms in total. The Bertz CT molecular complexity index is 311. The van der Waals surface area contributed by atoms with Gasteiger partial charge in [-0.15, -0.1) is 0 Å². The van der Waals surface area contributed by atoms with Gasteiger partial charge in [-0.3, -0.25) is 9.69 Å². The fraction of sp³-hybridized carbons (Fsp3) is 0.929. The van der Waals surface area contributed by atoms with Gasteiger partial charge in [0.1, 0.15) is 5.54 Å². The molecule has 2 heterocycles. The van der Waals surface area contributed by atoms with Crippen molar-refractivity contribution in [2.75, 3.05) is 24.6 Å². The molecule has 2 saturated heterocycles. The Kier molecular flexibility index (Phi) is 4.27. The number of hydrogen-bond acceptors (Lipinski definition) is 3. The second-order valence-corrected chi connectivity index (χ2v) is 7.36. The molecule has 4 heteroatoms. The van der Waals surface area contributed by atoms with Gasteiger partial charge >= 0.3 is 5.97 Å². The minimum absolute atomic E-state index is 0.131. The van der Waals surface area contributed by atoms with Crippen molar-refractivity contribution in [1.29, 1.82) is 0 Å². The van der Waals surface area contributed by atoms with Gasteiger partial charge in [-0.25, -0.2) is 0 Å². The molecule has 0 aliphatic carbocycles. The van der Waals surface area contributed by atoms with Crippen LogP contribution in [-0.2, 0) is 4.79 Å². The molecule has 0 spiro atoms. The Morgan fingerprint density at radius 3 is 2.28 bits per heavy atom. The molecule has 1 N–H and O–H groups in total. The molecule has 18 heavy (non-hydrogen) atoms. The van der Waals surface area contributed by atoms with E-state index in [1.54, 1.807) is 0 Å². The van der Waals surface area contributed by atoms with E-state index in [0.717, 1.165) is 43.9 Å². The number of thioether (sulfide) groups is 1. The number of aliphatic carboxylic acids is 1. The van der Waals surface area contributed by atoms with Crippen LogP contribution in [0.2, 0.25) is 0 Å². The summed E-state index contributed by atoms with van der Waals surface area (Å²) in [6.07, 6.45) is 5.80. The Balaban J connectivity index is 2.32. The zero-order valence-corrected chi connectivity index (χ0v) is 12.4. The quantitative estimate of drug-likeness (QED) is 0.838.